The van der Waals surface area contributed by atoms with Crippen LogP contribution in [0.25, 0.3) is 0 Å². The lowest BCUT2D eigenvalue weighted by molar-refractivity contribution is 0.420. The van der Waals surface area contributed by atoms with Crippen LogP contribution in [0.4, 0.5) is 0 Å². The summed E-state index contributed by atoms with van der Waals surface area (Å²) in [6, 6.07) is 0. The summed E-state index contributed by atoms with van der Waals surface area (Å²) in [5.41, 5.74) is 1.89. The molecule has 2 nitrogen and oxygen atoms in total. The van der Waals surface area contributed by atoms with Crippen LogP contribution in [0.2, 0.25) is 0 Å². The van der Waals surface area contributed by atoms with Crippen LogP contribution in [-0.2, 0) is 6.54 Å². The molecule has 0 fully saturated rings. The molecule has 86 valence electrons. The number of hydrogen-bond acceptors (Lipinski definition) is 3. The Morgan fingerprint density at radius 3 is 2.93 bits per heavy atom. The van der Waals surface area contributed by atoms with Gasteiger partial charge in [0.2, 0.25) is 0 Å². The first-order valence-corrected chi connectivity index (χ1v) is 6.82. The molecule has 0 aromatic carbocycles. The molecule has 0 saturated heterocycles. The minimum Gasteiger partial charge on any atom is -0.312 e. The number of unbranched alkanes of at least 4 members (excludes halogenated alkanes) is 1. The highest BCUT2D eigenvalue weighted by molar-refractivity contribution is 7.09. The molecule has 1 aromatic rings. The van der Waals surface area contributed by atoms with Crippen molar-refractivity contribution in [1.82, 2.24) is 10.3 Å². The van der Waals surface area contributed by atoms with Crippen molar-refractivity contribution in [2.75, 3.05) is 6.54 Å². The number of nitrogens with zero attached hydrogens (tertiary/aromatic N) is 1. The Morgan fingerprint density at radius 1 is 1.47 bits per heavy atom. The molecule has 0 spiro atoms. The lowest BCUT2D eigenvalue weighted by atomic mass is 9.99. The predicted octanol–water partition coefficient (Wildman–Crippen LogP) is 3.45. The lowest BCUT2D eigenvalue weighted by Gasteiger charge is -2.14. The third-order valence-corrected chi connectivity index (χ3v) is 3.54. The summed E-state index contributed by atoms with van der Waals surface area (Å²) in [5.74, 6) is 0.845. The summed E-state index contributed by atoms with van der Waals surface area (Å²) >= 11 is 1.73. The van der Waals surface area contributed by atoms with Crippen molar-refractivity contribution < 1.29 is 0 Å². The molecule has 0 radical (unpaired) electrons. The summed E-state index contributed by atoms with van der Waals surface area (Å²) < 4.78 is 0. The quantitative estimate of drug-likeness (QED) is 0.734. The van der Waals surface area contributed by atoms with Crippen molar-refractivity contribution in [3.63, 3.8) is 0 Å². The Morgan fingerprint density at radius 2 is 2.33 bits per heavy atom. The highest BCUT2D eigenvalue weighted by atomic mass is 32.1. The molecule has 0 unspecified atom stereocenters. The van der Waals surface area contributed by atoms with E-state index >= 15 is 0 Å². The molecule has 1 heterocycles. The SMILES string of the molecule is CCCC[C@@H](CC)CNCc1cncs1. The molecule has 15 heavy (non-hydrogen) atoms. The third-order valence-electron chi connectivity index (χ3n) is 2.76. The number of nitrogens with one attached hydrogen (secondary N) is 1. The molecule has 1 aromatic heterocycles. The van der Waals surface area contributed by atoms with Gasteiger partial charge in [0, 0.05) is 17.6 Å². The maximum absolute atomic E-state index is 4.07. The van der Waals surface area contributed by atoms with Crippen LogP contribution in [0.5, 0.6) is 0 Å². The first-order valence-electron chi connectivity index (χ1n) is 5.94. The molecular formula is C12H22N2S. The van der Waals surface area contributed by atoms with Gasteiger partial charge in [0.1, 0.15) is 0 Å². The highest BCUT2D eigenvalue weighted by Gasteiger charge is 2.05. The van der Waals surface area contributed by atoms with E-state index in [-0.39, 0.29) is 0 Å². The minimum absolute atomic E-state index is 0.845. The summed E-state index contributed by atoms with van der Waals surface area (Å²) in [6.07, 6.45) is 7.27. The molecule has 0 saturated carbocycles. The van der Waals surface area contributed by atoms with Crippen LogP contribution >= 0.6 is 11.3 Å². The van der Waals surface area contributed by atoms with Crippen LogP contribution < -0.4 is 5.32 Å². The van der Waals surface area contributed by atoms with Gasteiger partial charge in [-0.15, -0.1) is 11.3 Å². The normalized spacial score (nSPS) is 12.9. The molecule has 0 aliphatic heterocycles. The first kappa shape index (κ1) is 12.7. The molecule has 1 rings (SSSR count). The summed E-state index contributed by atoms with van der Waals surface area (Å²) in [6.45, 7) is 6.67. The van der Waals surface area contributed by atoms with Crippen molar-refractivity contribution in [2.45, 2.75) is 46.1 Å². The molecule has 0 aliphatic carbocycles. The van der Waals surface area contributed by atoms with Crippen molar-refractivity contribution in [1.29, 1.82) is 0 Å². The van der Waals surface area contributed by atoms with E-state index in [0.717, 1.165) is 19.0 Å². The fourth-order valence-corrected chi connectivity index (χ4v) is 2.24. The second kappa shape index (κ2) is 7.83. The Balaban J connectivity index is 2.11. The van der Waals surface area contributed by atoms with E-state index in [2.05, 4.69) is 24.1 Å². The van der Waals surface area contributed by atoms with E-state index in [1.54, 1.807) is 11.3 Å². The van der Waals surface area contributed by atoms with E-state index < -0.39 is 0 Å². The Hall–Kier alpha value is -0.410. The van der Waals surface area contributed by atoms with Crippen molar-refractivity contribution >= 4 is 11.3 Å². The van der Waals surface area contributed by atoms with Crippen LogP contribution in [0.1, 0.15) is 44.4 Å². The van der Waals surface area contributed by atoms with Crippen LogP contribution in [0.15, 0.2) is 11.7 Å². The van der Waals surface area contributed by atoms with E-state index in [1.807, 2.05) is 11.7 Å². The summed E-state index contributed by atoms with van der Waals surface area (Å²) in [4.78, 5) is 5.40. The van der Waals surface area contributed by atoms with Crippen LogP contribution in [-0.4, -0.2) is 11.5 Å². The molecule has 1 atom stereocenters. The minimum atomic E-state index is 0.845. The zero-order valence-corrected chi connectivity index (χ0v) is 10.6. The lowest BCUT2D eigenvalue weighted by Crippen LogP contribution is -2.21. The highest BCUT2D eigenvalue weighted by Crippen LogP contribution is 2.12. The second-order valence-corrected chi connectivity index (χ2v) is 4.99. The van der Waals surface area contributed by atoms with E-state index in [0.29, 0.717) is 0 Å². The van der Waals surface area contributed by atoms with Gasteiger partial charge in [0.25, 0.3) is 0 Å². The van der Waals surface area contributed by atoms with Gasteiger partial charge in [-0.25, -0.2) is 0 Å². The number of thiazole rings is 1. The smallest absolute Gasteiger partial charge is 0.0794 e. The molecule has 0 bridgehead atoms. The first-order chi connectivity index (χ1) is 7.36. The molecule has 0 aliphatic rings. The average Bonchev–Trinajstić information content (AvgIpc) is 2.76. The molecular weight excluding hydrogens is 204 g/mol. The maximum Gasteiger partial charge on any atom is 0.0794 e. The Bertz CT molecular complexity index is 234. The number of hydrogen-bond donors (Lipinski definition) is 1. The van der Waals surface area contributed by atoms with E-state index in [4.69, 9.17) is 0 Å². The Kier molecular flexibility index (Phi) is 6.60. The predicted molar refractivity (Wildman–Crippen MR) is 67.1 cm³/mol. The van der Waals surface area contributed by atoms with Crippen LogP contribution in [0, 0.1) is 5.92 Å². The monoisotopic (exact) mass is 226 g/mol. The fourth-order valence-electron chi connectivity index (χ4n) is 1.67. The van der Waals surface area contributed by atoms with Gasteiger partial charge >= 0.3 is 0 Å². The zero-order valence-electron chi connectivity index (χ0n) is 9.83. The van der Waals surface area contributed by atoms with Gasteiger partial charge in [-0.1, -0.05) is 33.1 Å². The fraction of sp³-hybridized carbons (Fsp3) is 0.750. The summed E-state index contributed by atoms with van der Waals surface area (Å²) in [5, 5.41) is 3.52. The Labute approximate surface area is 97.1 Å². The van der Waals surface area contributed by atoms with Gasteiger partial charge in [-0.2, -0.15) is 0 Å². The van der Waals surface area contributed by atoms with E-state index in [9.17, 15) is 0 Å². The molecule has 3 heteroatoms. The standard InChI is InChI=1S/C12H22N2S/c1-3-5-6-11(4-2)7-13-8-12-9-14-10-15-12/h9-11,13H,3-8H2,1-2H3/t11-/m1/s1. The second-order valence-electron chi connectivity index (χ2n) is 4.02. The summed E-state index contributed by atoms with van der Waals surface area (Å²) in [7, 11) is 0. The van der Waals surface area contributed by atoms with Crippen LogP contribution in [0.3, 0.4) is 0 Å². The largest absolute Gasteiger partial charge is 0.312 e. The number of aromatic nitrogens is 1. The number of rotatable bonds is 8. The topological polar surface area (TPSA) is 24.9 Å². The average molecular weight is 226 g/mol. The zero-order chi connectivity index (χ0) is 10.9. The maximum atomic E-state index is 4.07. The van der Waals surface area contributed by atoms with Gasteiger partial charge in [0.15, 0.2) is 0 Å². The van der Waals surface area contributed by atoms with Crippen molar-refractivity contribution in [2.24, 2.45) is 5.92 Å². The van der Waals surface area contributed by atoms with Crippen molar-refractivity contribution in [3.8, 4) is 0 Å². The van der Waals surface area contributed by atoms with Gasteiger partial charge in [0.05, 0.1) is 5.51 Å². The van der Waals surface area contributed by atoms with Crippen molar-refractivity contribution in [3.05, 3.63) is 16.6 Å². The van der Waals surface area contributed by atoms with Gasteiger partial charge < -0.3 is 5.32 Å². The van der Waals surface area contributed by atoms with Gasteiger partial charge in [-0.3, -0.25) is 4.98 Å². The molecule has 0 amide bonds. The third kappa shape index (κ3) is 5.28. The van der Waals surface area contributed by atoms with E-state index in [1.165, 1.54) is 30.6 Å². The van der Waals surface area contributed by atoms with Gasteiger partial charge in [-0.05, 0) is 18.9 Å². The molecule has 1 N–H and O–H groups in total.